The maximum absolute atomic E-state index is 12.9. The number of thioether (sulfide) groups is 1. The Morgan fingerprint density at radius 1 is 1.04 bits per heavy atom. The number of amidine groups is 1. The van der Waals surface area contributed by atoms with Crippen LogP contribution in [0.25, 0.3) is 0 Å². The van der Waals surface area contributed by atoms with Crippen molar-refractivity contribution >= 4 is 40.3 Å². The first-order valence-electron chi connectivity index (χ1n) is 10.1. The summed E-state index contributed by atoms with van der Waals surface area (Å²) in [6.45, 7) is 0.813. The molecular formula is C21H25N3O3S. The molecule has 6 nitrogen and oxygen atoms in total. The molecular weight excluding hydrogens is 374 g/mol. The molecule has 3 fully saturated rings. The maximum Gasteiger partial charge on any atom is 0.233 e. The average Bonchev–Trinajstić information content (AvgIpc) is 2.98. The highest BCUT2D eigenvalue weighted by molar-refractivity contribution is 8.13. The Labute approximate surface area is 169 Å². The molecule has 1 aromatic carbocycles. The summed E-state index contributed by atoms with van der Waals surface area (Å²) in [5.74, 6) is 0.399. The third-order valence-electron chi connectivity index (χ3n) is 5.75. The number of carbonyl (C=O) groups excluding carboxylic acids is 3. The lowest BCUT2D eigenvalue weighted by molar-refractivity contribution is -0.140. The molecule has 28 heavy (non-hydrogen) atoms. The van der Waals surface area contributed by atoms with Crippen LogP contribution in [0.5, 0.6) is 0 Å². The van der Waals surface area contributed by atoms with Crippen LogP contribution in [0.1, 0.15) is 38.5 Å². The second-order valence-corrected chi connectivity index (χ2v) is 8.61. The predicted octanol–water partition coefficient (Wildman–Crippen LogP) is 3.20. The fraction of sp³-hybridized carbons (Fsp3) is 0.524. The van der Waals surface area contributed by atoms with E-state index in [1.165, 1.54) is 4.90 Å². The van der Waals surface area contributed by atoms with Crippen molar-refractivity contribution in [1.82, 2.24) is 9.80 Å². The van der Waals surface area contributed by atoms with E-state index in [0.717, 1.165) is 43.5 Å². The zero-order valence-corrected chi connectivity index (χ0v) is 16.7. The largest absolute Gasteiger partial charge is 0.291 e. The summed E-state index contributed by atoms with van der Waals surface area (Å²) in [5, 5.41) is 0.704. The van der Waals surface area contributed by atoms with Gasteiger partial charge in [-0.2, -0.15) is 0 Å². The molecule has 2 saturated heterocycles. The zero-order chi connectivity index (χ0) is 19.5. The monoisotopic (exact) mass is 399 g/mol. The zero-order valence-electron chi connectivity index (χ0n) is 15.9. The van der Waals surface area contributed by atoms with E-state index in [4.69, 9.17) is 0 Å². The number of benzene rings is 1. The highest BCUT2D eigenvalue weighted by atomic mass is 32.2. The predicted molar refractivity (Wildman–Crippen MR) is 109 cm³/mol. The molecule has 2 atom stereocenters. The van der Waals surface area contributed by atoms with Gasteiger partial charge in [0.2, 0.25) is 17.7 Å². The SMILES string of the molecule is O=C(CCN1C(=O)[C@H]2CCCC[C@@H]2C1=O)N1CCCSC1=Nc1ccccc1. The topological polar surface area (TPSA) is 70.1 Å². The van der Waals surface area contributed by atoms with E-state index in [0.29, 0.717) is 11.7 Å². The molecule has 1 aliphatic carbocycles. The Bertz CT molecular complexity index is 771. The van der Waals surface area contributed by atoms with E-state index in [-0.39, 0.29) is 42.5 Å². The van der Waals surface area contributed by atoms with E-state index in [1.54, 1.807) is 16.7 Å². The molecule has 4 rings (SSSR count). The Morgan fingerprint density at radius 3 is 2.39 bits per heavy atom. The molecule has 0 unspecified atom stereocenters. The first-order valence-corrected chi connectivity index (χ1v) is 11.1. The fourth-order valence-corrected chi connectivity index (χ4v) is 5.27. The number of carbonyl (C=O) groups is 3. The fourth-order valence-electron chi connectivity index (χ4n) is 4.29. The molecule has 2 aliphatic heterocycles. The minimum absolute atomic E-state index is 0.0719. The van der Waals surface area contributed by atoms with Gasteiger partial charge in [-0.3, -0.25) is 24.2 Å². The first kappa shape index (κ1) is 19.2. The van der Waals surface area contributed by atoms with Crippen molar-refractivity contribution in [1.29, 1.82) is 0 Å². The van der Waals surface area contributed by atoms with Crippen molar-refractivity contribution in [3.05, 3.63) is 30.3 Å². The number of para-hydroxylation sites is 1. The highest BCUT2D eigenvalue weighted by Crippen LogP contribution is 2.38. The normalized spacial score (nSPS) is 26.6. The molecule has 3 amide bonds. The number of fused-ring (bicyclic) bond motifs is 1. The second-order valence-electron chi connectivity index (χ2n) is 7.55. The van der Waals surface area contributed by atoms with Gasteiger partial charge in [0.1, 0.15) is 0 Å². The number of nitrogens with zero attached hydrogens (tertiary/aromatic N) is 3. The molecule has 0 radical (unpaired) electrons. The maximum atomic E-state index is 12.9. The van der Waals surface area contributed by atoms with E-state index < -0.39 is 0 Å². The van der Waals surface area contributed by atoms with E-state index in [2.05, 4.69) is 4.99 Å². The van der Waals surface area contributed by atoms with Crippen LogP contribution in [0, 0.1) is 11.8 Å². The third kappa shape index (κ3) is 3.85. The number of amides is 3. The van der Waals surface area contributed by atoms with E-state index in [9.17, 15) is 14.4 Å². The summed E-state index contributed by atoms with van der Waals surface area (Å²) in [4.78, 5) is 45.7. The van der Waals surface area contributed by atoms with Gasteiger partial charge in [-0.05, 0) is 31.4 Å². The summed E-state index contributed by atoms with van der Waals surface area (Å²) in [7, 11) is 0. The minimum atomic E-state index is -0.155. The van der Waals surface area contributed by atoms with Crippen LogP contribution in [-0.2, 0) is 14.4 Å². The second kappa shape index (κ2) is 8.47. The summed E-state index contributed by atoms with van der Waals surface area (Å²) in [6.07, 6.45) is 4.70. The number of imide groups is 1. The van der Waals surface area contributed by atoms with Gasteiger partial charge in [-0.1, -0.05) is 42.8 Å². The van der Waals surface area contributed by atoms with Gasteiger partial charge in [0.25, 0.3) is 0 Å². The number of aliphatic imine (C=N–C) groups is 1. The average molecular weight is 400 g/mol. The van der Waals surface area contributed by atoms with E-state index in [1.807, 2.05) is 30.3 Å². The van der Waals surface area contributed by atoms with Gasteiger partial charge in [-0.25, -0.2) is 4.99 Å². The van der Waals surface area contributed by atoms with Crippen LogP contribution in [-0.4, -0.2) is 51.5 Å². The number of rotatable bonds is 4. The van der Waals surface area contributed by atoms with Crippen LogP contribution in [0.15, 0.2) is 35.3 Å². The number of likely N-dealkylation sites (tertiary alicyclic amines) is 1. The van der Waals surface area contributed by atoms with Crippen LogP contribution in [0.3, 0.4) is 0 Å². The molecule has 0 spiro atoms. The minimum Gasteiger partial charge on any atom is -0.291 e. The quantitative estimate of drug-likeness (QED) is 0.729. The summed E-state index contributed by atoms with van der Waals surface area (Å²) >= 11 is 1.58. The van der Waals surface area contributed by atoms with Crippen molar-refractivity contribution in [2.75, 3.05) is 18.8 Å². The third-order valence-corrected chi connectivity index (χ3v) is 6.81. The standard InChI is InChI=1S/C21H25N3O3S/c25-18(11-13-24-19(26)16-9-4-5-10-17(16)20(24)27)23-12-6-14-28-21(23)22-15-7-2-1-3-8-15/h1-3,7-8,16-17H,4-6,9-14H2/t16-,17-/m0/s1. The van der Waals surface area contributed by atoms with Crippen LogP contribution >= 0.6 is 11.8 Å². The van der Waals surface area contributed by atoms with Gasteiger partial charge >= 0.3 is 0 Å². The van der Waals surface area contributed by atoms with Gasteiger partial charge < -0.3 is 0 Å². The summed E-state index contributed by atoms with van der Waals surface area (Å²) in [5.41, 5.74) is 0.818. The Kier molecular flexibility index (Phi) is 5.80. The van der Waals surface area contributed by atoms with Crippen LogP contribution < -0.4 is 0 Å². The molecule has 0 aromatic heterocycles. The molecule has 3 aliphatic rings. The van der Waals surface area contributed by atoms with Crippen molar-refractivity contribution in [3.63, 3.8) is 0 Å². The van der Waals surface area contributed by atoms with Crippen molar-refractivity contribution < 1.29 is 14.4 Å². The first-order chi connectivity index (χ1) is 13.6. The van der Waals surface area contributed by atoms with Gasteiger partial charge in [0, 0.05) is 25.3 Å². The lowest BCUT2D eigenvalue weighted by Crippen LogP contribution is -2.41. The lowest BCUT2D eigenvalue weighted by atomic mass is 9.81. The van der Waals surface area contributed by atoms with Crippen LogP contribution in [0.4, 0.5) is 5.69 Å². The molecule has 0 N–H and O–H groups in total. The molecule has 1 saturated carbocycles. The smallest absolute Gasteiger partial charge is 0.233 e. The van der Waals surface area contributed by atoms with Crippen molar-refractivity contribution in [2.24, 2.45) is 16.8 Å². The number of hydrogen-bond donors (Lipinski definition) is 0. The summed E-state index contributed by atoms with van der Waals surface area (Å²) in [6, 6.07) is 9.59. The Balaban J connectivity index is 1.42. The van der Waals surface area contributed by atoms with Crippen molar-refractivity contribution in [3.8, 4) is 0 Å². The Hall–Kier alpha value is -2.15. The molecule has 148 valence electrons. The van der Waals surface area contributed by atoms with Gasteiger partial charge in [0.15, 0.2) is 5.17 Å². The highest BCUT2D eigenvalue weighted by Gasteiger charge is 2.47. The van der Waals surface area contributed by atoms with Gasteiger partial charge in [-0.15, -0.1) is 0 Å². The van der Waals surface area contributed by atoms with Crippen molar-refractivity contribution in [2.45, 2.75) is 38.5 Å². The molecule has 2 heterocycles. The molecule has 7 heteroatoms. The van der Waals surface area contributed by atoms with Crippen LogP contribution in [0.2, 0.25) is 0 Å². The van der Waals surface area contributed by atoms with E-state index >= 15 is 0 Å². The van der Waals surface area contributed by atoms with Gasteiger partial charge in [0.05, 0.1) is 17.5 Å². The molecule has 1 aromatic rings. The Morgan fingerprint density at radius 2 is 1.71 bits per heavy atom. The molecule has 0 bridgehead atoms. The lowest BCUT2D eigenvalue weighted by Gasteiger charge is -2.28. The summed E-state index contributed by atoms with van der Waals surface area (Å²) < 4.78 is 0. The number of hydrogen-bond acceptors (Lipinski definition) is 5.